The van der Waals surface area contributed by atoms with Crippen LogP contribution in [0, 0.1) is 0 Å². The molecule has 0 nitrogen and oxygen atoms in total. The normalized spacial score (nSPS) is 12.8. The molecule has 0 unspecified atom stereocenters. The Kier molecular flexibility index (Phi) is 7.54. The first-order chi connectivity index (χ1) is 6.12. The lowest BCUT2D eigenvalue weighted by atomic mass is 10.1. The van der Waals surface area contributed by atoms with Crippen LogP contribution in [0.1, 0.15) is 45.4 Å². The molecule has 0 saturated carbocycles. The summed E-state index contributed by atoms with van der Waals surface area (Å²) in [6.45, 7) is 6.17. The van der Waals surface area contributed by atoms with E-state index in [0.29, 0.717) is 0 Å². The van der Waals surface area contributed by atoms with Crippen LogP contribution in [0.3, 0.4) is 0 Å². The fourth-order valence-electron chi connectivity index (χ4n) is 1.34. The van der Waals surface area contributed by atoms with E-state index in [0.717, 1.165) is 0 Å². The summed E-state index contributed by atoms with van der Waals surface area (Å²) < 4.78 is 0. The van der Waals surface area contributed by atoms with Gasteiger partial charge in [0.15, 0.2) is 0 Å². The average Bonchev–Trinajstić information content (AvgIpc) is 2.11. The van der Waals surface area contributed by atoms with E-state index in [4.69, 9.17) is 0 Å². The van der Waals surface area contributed by atoms with Gasteiger partial charge in [-0.3, -0.25) is 0 Å². The summed E-state index contributed by atoms with van der Waals surface area (Å²) in [5.74, 6) is 1.38. The van der Waals surface area contributed by atoms with Crippen molar-refractivity contribution in [3.63, 3.8) is 0 Å². The molecule has 0 bridgehead atoms. The Hall–Kier alpha value is 0.0900. The Morgan fingerprint density at radius 2 is 1.54 bits per heavy atom. The third-order valence-electron chi connectivity index (χ3n) is 2.48. The molecule has 0 spiro atoms. The minimum atomic E-state index is -0.448. The van der Waals surface area contributed by atoms with Gasteiger partial charge in [0.1, 0.15) is 0 Å². The highest BCUT2D eigenvalue weighted by molar-refractivity contribution is 8.35. The highest BCUT2D eigenvalue weighted by atomic mass is 32.3. The maximum Gasteiger partial charge on any atom is -0.0199 e. The van der Waals surface area contributed by atoms with Crippen LogP contribution in [0.4, 0.5) is 0 Å². The molecular formula is C12H26S. The minimum absolute atomic E-state index is 0.448. The number of rotatable bonds is 8. The van der Waals surface area contributed by atoms with E-state index in [-0.39, 0.29) is 0 Å². The quantitative estimate of drug-likeness (QED) is 0.506. The monoisotopic (exact) mass is 202 g/mol. The molecule has 1 heteroatoms. The summed E-state index contributed by atoms with van der Waals surface area (Å²) >= 11 is 0. The molecule has 0 amide bonds. The lowest BCUT2D eigenvalue weighted by Gasteiger charge is -2.26. The molecule has 0 aliphatic carbocycles. The van der Waals surface area contributed by atoms with E-state index in [1.165, 1.54) is 44.3 Å². The van der Waals surface area contributed by atoms with Gasteiger partial charge in [-0.25, -0.2) is 10.0 Å². The first kappa shape index (κ1) is 13.1. The second kappa shape index (κ2) is 7.49. The summed E-state index contributed by atoms with van der Waals surface area (Å²) in [7, 11) is -0.448. The van der Waals surface area contributed by atoms with Gasteiger partial charge in [-0.1, -0.05) is 51.0 Å². The molecule has 0 aliphatic heterocycles. The fraction of sp³-hybridized carbons (Fsp3) is 0.833. The van der Waals surface area contributed by atoms with Gasteiger partial charge in [0.25, 0.3) is 0 Å². The van der Waals surface area contributed by atoms with Gasteiger partial charge in [0, 0.05) is 0 Å². The molecule has 0 heterocycles. The smallest absolute Gasteiger partial charge is 0.0199 e. The van der Waals surface area contributed by atoms with E-state index in [1.54, 1.807) is 0 Å². The largest absolute Gasteiger partial charge is 0.228 e. The molecule has 0 radical (unpaired) electrons. The number of unbranched alkanes of at least 4 members (excludes halogenated alkanes) is 5. The highest BCUT2D eigenvalue weighted by Crippen LogP contribution is 2.41. The third-order valence-corrected chi connectivity index (χ3v) is 4.72. The summed E-state index contributed by atoms with van der Waals surface area (Å²) in [5.41, 5.74) is 0. The molecule has 0 aliphatic rings. The lowest BCUT2D eigenvalue weighted by Crippen LogP contribution is -1.97. The van der Waals surface area contributed by atoms with Crippen molar-refractivity contribution in [3.8, 4) is 0 Å². The molecule has 0 aromatic carbocycles. The maximum absolute atomic E-state index is 3.90. The molecule has 0 aromatic heterocycles. The summed E-state index contributed by atoms with van der Waals surface area (Å²) in [4.78, 5) is 0. The lowest BCUT2D eigenvalue weighted by molar-refractivity contribution is 0.626. The van der Waals surface area contributed by atoms with E-state index >= 15 is 0 Å². The molecule has 0 rings (SSSR count). The van der Waals surface area contributed by atoms with Gasteiger partial charge in [0.2, 0.25) is 0 Å². The second-order valence-corrected chi connectivity index (χ2v) is 8.25. The molecule has 0 atom stereocenters. The molecule has 80 valence electrons. The number of hydrogen-bond acceptors (Lipinski definition) is 0. The van der Waals surface area contributed by atoms with Crippen molar-refractivity contribution >= 4 is 10.0 Å². The van der Waals surface area contributed by atoms with E-state index in [9.17, 15) is 0 Å². The van der Waals surface area contributed by atoms with Crippen molar-refractivity contribution in [2.24, 2.45) is 0 Å². The second-order valence-electron chi connectivity index (χ2n) is 4.26. The van der Waals surface area contributed by atoms with Gasteiger partial charge < -0.3 is 0 Å². The number of hydrogen-bond donors (Lipinski definition) is 0. The Morgan fingerprint density at radius 1 is 1.00 bits per heavy atom. The van der Waals surface area contributed by atoms with Crippen LogP contribution in [0.15, 0.2) is 12.0 Å². The third kappa shape index (κ3) is 8.42. The van der Waals surface area contributed by atoms with Crippen LogP contribution in [-0.4, -0.2) is 18.3 Å². The van der Waals surface area contributed by atoms with Crippen molar-refractivity contribution in [1.29, 1.82) is 0 Å². The zero-order valence-corrected chi connectivity index (χ0v) is 10.5. The molecule has 0 fully saturated rings. The minimum Gasteiger partial charge on any atom is -0.228 e. The van der Waals surface area contributed by atoms with Crippen LogP contribution in [0.5, 0.6) is 0 Å². The molecular weight excluding hydrogens is 176 g/mol. The van der Waals surface area contributed by atoms with Crippen LogP contribution >= 0.6 is 10.0 Å². The van der Waals surface area contributed by atoms with E-state index in [1.807, 2.05) is 0 Å². The van der Waals surface area contributed by atoms with Gasteiger partial charge in [-0.2, -0.15) is 0 Å². The molecule has 13 heavy (non-hydrogen) atoms. The van der Waals surface area contributed by atoms with Crippen LogP contribution in [-0.2, 0) is 0 Å². The van der Waals surface area contributed by atoms with Crippen LogP contribution < -0.4 is 0 Å². The van der Waals surface area contributed by atoms with E-state index in [2.05, 4.69) is 31.4 Å². The van der Waals surface area contributed by atoms with Gasteiger partial charge in [-0.05, 0) is 24.7 Å². The Labute approximate surface area is 86.1 Å². The zero-order valence-electron chi connectivity index (χ0n) is 9.64. The average molecular weight is 202 g/mol. The predicted octanol–water partition coefficient (Wildman–Crippen LogP) is 4.55. The Morgan fingerprint density at radius 3 is 2.08 bits per heavy atom. The Balaban J connectivity index is 3.20. The first-order valence-corrected chi connectivity index (χ1v) is 8.14. The van der Waals surface area contributed by atoms with Crippen molar-refractivity contribution in [2.75, 3.05) is 18.3 Å². The van der Waals surface area contributed by atoms with Gasteiger partial charge in [0.05, 0.1) is 0 Å². The maximum atomic E-state index is 3.90. The fourth-order valence-corrected chi connectivity index (χ4v) is 2.45. The summed E-state index contributed by atoms with van der Waals surface area (Å²) in [6, 6.07) is 0. The zero-order chi connectivity index (χ0) is 10.2. The molecule has 0 N–H and O–H groups in total. The summed E-state index contributed by atoms with van der Waals surface area (Å²) in [6.07, 6.45) is 13.2. The topological polar surface area (TPSA) is 0 Å². The van der Waals surface area contributed by atoms with Gasteiger partial charge >= 0.3 is 0 Å². The SMILES string of the molecule is C=CS(C)(C)CCCCCCCC. The molecule has 0 saturated heterocycles. The van der Waals surface area contributed by atoms with Crippen molar-refractivity contribution < 1.29 is 0 Å². The van der Waals surface area contributed by atoms with Crippen molar-refractivity contribution in [3.05, 3.63) is 12.0 Å². The van der Waals surface area contributed by atoms with E-state index < -0.39 is 10.0 Å². The standard InChI is InChI=1S/C12H26S/c1-5-7-8-9-10-11-12-13(3,4)6-2/h6H,2,5,7-12H2,1,3-4H3. The highest BCUT2D eigenvalue weighted by Gasteiger charge is 2.04. The first-order valence-electron chi connectivity index (χ1n) is 5.46. The predicted molar refractivity (Wildman–Crippen MR) is 67.9 cm³/mol. The van der Waals surface area contributed by atoms with Crippen molar-refractivity contribution in [2.45, 2.75) is 45.4 Å². The van der Waals surface area contributed by atoms with Crippen LogP contribution in [0.25, 0.3) is 0 Å². The Bertz CT molecular complexity index is 127. The molecule has 0 aromatic rings. The van der Waals surface area contributed by atoms with Crippen LogP contribution in [0.2, 0.25) is 0 Å². The van der Waals surface area contributed by atoms with Crippen molar-refractivity contribution in [1.82, 2.24) is 0 Å². The summed E-state index contributed by atoms with van der Waals surface area (Å²) in [5, 5.41) is 2.17. The van der Waals surface area contributed by atoms with Gasteiger partial charge in [-0.15, -0.1) is 0 Å².